The number of aliphatic hydroxyl groups excluding tert-OH is 2. The van der Waals surface area contributed by atoms with Crippen LogP contribution in [0.2, 0.25) is 0 Å². The Balaban J connectivity index is 0.879. The van der Waals surface area contributed by atoms with E-state index >= 15 is 0 Å². The number of hydrogen-bond donors (Lipinski definition) is 11. The van der Waals surface area contributed by atoms with Gasteiger partial charge >= 0.3 is 12.0 Å². The molecule has 372 valence electrons. The Hall–Kier alpha value is -8.32. The number of carbonyl (C=O) groups excluding carboxylic acids is 3. The van der Waals surface area contributed by atoms with Gasteiger partial charge < -0.3 is 56.1 Å². The first kappa shape index (κ1) is 50.1. The quantitative estimate of drug-likeness (QED) is 0.0205. The van der Waals surface area contributed by atoms with Crippen LogP contribution < -0.4 is 32.0 Å². The molecule has 5 atom stereocenters. The normalized spacial score (nSPS) is 13.5. The fourth-order valence-electron chi connectivity index (χ4n) is 8.84. The molecule has 1 aliphatic carbocycles. The lowest BCUT2D eigenvalue weighted by Crippen LogP contribution is -2.59. The fourth-order valence-corrected chi connectivity index (χ4v) is 8.84. The minimum absolute atomic E-state index is 0.0735. The number of carboxylic acids is 1. The lowest BCUT2D eigenvalue weighted by Gasteiger charge is -2.31. The SMILES string of the molecule is C[C@@H](O)[C@H](Cc1ncc[nH]1)N[C@H](O)[C@H](Cc1ccccc1)NC(=O)[C@H](Cc1c[nH]c2ccccc12)NC(=O)CCCCCNC(=O)Nc1ccc(-c2c3ccc(=O)cc-3oc3cc(O)ccc23)c(C(=O)O)c1. The summed E-state index contributed by atoms with van der Waals surface area (Å²) in [5.41, 5.74) is 3.84. The molecule has 8 rings (SSSR count). The van der Waals surface area contributed by atoms with Gasteiger partial charge in [-0.1, -0.05) is 61.0 Å². The number of phenols is 1. The van der Waals surface area contributed by atoms with Crippen LogP contribution in [-0.2, 0) is 28.9 Å². The average Bonchev–Trinajstić information content (AvgIpc) is 4.04. The molecule has 6 aromatic rings. The van der Waals surface area contributed by atoms with Gasteiger partial charge in [0.05, 0.1) is 17.7 Å². The average molecular weight is 977 g/mol. The molecule has 2 aliphatic rings. The number of carbonyl (C=O) groups is 4. The van der Waals surface area contributed by atoms with Crippen molar-refractivity contribution in [2.45, 2.75) is 82.3 Å². The Labute approximate surface area is 413 Å². The standard InChI is InChI=1S/C54H56N8O10/c1-31(63)43(29-48-55-22-23-56-48)61-51(67)44(24-32-10-4-2-5-11-32)62-52(68)45(25-33-30-58-42-13-8-7-12-37(33)42)60-49(66)14-6-3-9-21-57-54(71)59-34-15-18-38(41(26-34)53(69)70)50-39-19-16-35(64)27-46(39)72-47-28-36(65)17-20-40(47)50/h2,4-5,7-8,10-13,15-20,22-23,26-28,30-31,43-45,51,58,61,63-64,67H,3,6,9,14,21,24-25,29H2,1H3,(H,55,56)(H,60,66)(H,62,68)(H,69,70)(H2,57,59,71)/t31-,43+,44+,45+,51-/m1/s1. The zero-order valence-corrected chi connectivity index (χ0v) is 39.4. The number of phenolic OH excluding ortho intramolecular Hbond substituents is 1. The number of H-pyrrole nitrogens is 2. The van der Waals surface area contributed by atoms with Crippen molar-refractivity contribution >= 4 is 51.4 Å². The number of aromatic nitrogens is 3. The number of hydrogen-bond acceptors (Lipinski definition) is 11. The van der Waals surface area contributed by atoms with Gasteiger partial charge in [-0.25, -0.2) is 14.6 Å². The van der Waals surface area contributed by atoms with Crippen LogP contribution in [0.25, 0.3) is 44.3 Å². The summed E-state index contributed by atoms with van der Waals surface area (Å²) < 4.78 is 5.91. The third kappa shape index (κ3) is 12.5. The maximum Gasteiger partial charge on any atom is 0.336 e. The van der Waals surface area contributed by atoms with Crippen molar-refractivity contribution in [3.8, 4) is 28.2 Å². The first-order valence-electron chi connectivity index (χ1n) is 23.7. The van der Waals surface area contributed by atoms with Gasteiger partial charge in [-0.2, -0.15) is 0 Å². The Bertz CT molecular complexity index is 3190. The van der Waals surface area contributed by atoms with Crippen LogP contribution in [0.5, 0.6) is 5.75 Å². The van der Waals surface area contributed by atoms with Crippen molar-refractivity contribution in [3.63, 3.8) is 0 Å². The number of unbranched alkanes of at least 4 members (excludes halogenated alkanes) is 2. The first-order valence-corrected chi connectivity index (χ1v) is 23.7. The summed E-state index contributed by atoms with van der Waals surface area (Å²) in [6, 6.07) is 27.0. The monoisotopic (exact) mass is 976 g/mol. The second kappa shape index (κ2) is 23.1. The number of nitrogens with one attached hydrogen (secondary N) is 7. The molecular formula is C54H56N8O10. The van der Waals surface area contributed by atoms with Crippen LogP contribution in [0, 0.1) is 0 Å². The number of fused-ring (bicyclic) bond motifs is 3. The molecule has 0 bridgehead atoms. The van der Waals surface area contributed by atoms with Gasteiger partial charge in [0.1, 0.15) is 35.2 Å². The van der Waals surface area contributed by atoms with Crippen LogP contribution in [0.1, 0.15) is 59.9 Å². The Morgan fingerprint density at radius 2 is 1.57 bits per heavy atom. The highest BCUT2D eigenvalue weighted by molar-refractivity contribution is 6.08. The minimum atomic E-state index is -1.31. The molecular weight excluding hydrogens is 921 g/mol. The van der Waals surface area contributed by atoms with Crippen molar-refractivity contribution < 1.29 is 44.0 Å². The number of aliphatic hydroxyl groups is 2. The Kier molecular flexibility index (Phi) is 16.0. The number of imidazole rings is 1. The number of benzene rings is 5. The van der Waals surface area contributed by atoms with Crippen molar-refractivity contribution in [1.82, 2.24) is 36.2 Å². The molecule has 4 amide bonds. The number of para-hydroxylation sites is 1. The molecule has 0 radical (unpaired) electrons. The lowest BCUT2D eigenvalue weighted by molar-refractivity contribution is -0.130. The summed E-state index contributed by atoms with van der Waals surface area (Å²) >= 11 is 0. The van der Waals surface area contributed by atoms with Crippen LogP contribution in [0.4, 0.5) is 10.5 Å². The molecule has 4 aromatic carbocycles. The highest BCUT2D eigenvalue weighted by Crippen LogP contribution is 2.42. The summed E-state index contributed by atoms with van der Waals surface area (Å²) in [6.07, 6.45) is 5.18. The largest absolute Gasteiger partial charge is 0.508 e. The molecule has 0 saturated heterocycles. The van der Waals surface area contributed by atoms with E-state index in [2.05, 4.69) is 41.5 Å². The maximum absolute atomic E-state index is 14.3. The van der Waals surface area contributed by atoms with Gasteiger partial charge in [-0.3, -0.25) is 19.7 Å². The molecule has 72 heavy (non-hydrogen) atoms. The van der Waals surface area contributed by atoms with E-state index in [-0.39, 0.29) is 71.9 Å². The zero-order chi connectivity index (χ0) is 50.7. The molecule has 0 fully saturated rings. The van der Waals surface area contributed by atoms with Crippen molar-refractivity contribution in [1.29, 1.82) is 0 Å². The van der Waals surface area contributed by atoms with Crippen LogP contribution >= 0.6 is 0 Å². The van der Waals surface area contributed by atoms with Gasteiger partial charge in [-0.15, -0.1) is 0 Å². The summed E-state index contributed by atoms with van der Waals surface area (Å²) in [4.78, 5) is 76.3. The van der Waals surface area contributed by atoms with Crippen molar-refractivity contribution in [3.05, 3.63) is 161 Å². The number of urea groups is 1. The van der Waals surface area contributed by atoms with E-state index in [1.54, 1.807) is 43.6 Å². The van der Waals surface area contributed by atoms with E-state index in [9.17, 15) is 44.4 Å². The number of aromatic hydroxyl groups is 1. The maximum atomic E-state index is 14.3. The predicted molar refractivity (Wildman–Crippen MR) is 272 cm³/mol. The topological polar surface area (TPSA) is 284 Å². The van der Waals surface area contributed by atoms with Gasteiger partial charge in [0.2, 0.25) is 11.8 Å². The molecule has 18 heteroatoms. The second-order valence-corrected chi connectivity index (χ2v) is 17.8. The van der Waals surface area contributed by atoms with Crippen LogP contribution in [0.3, 0.4) is 0 Å². The molecule has 11 N–H and O–H groups in total. The number of aromatic amines is 2. The van der Waals surface area contributed by atoms with Crippen molar-refractivity contribution in [2.24, 2.45) is 0 Å². The Morgan fingerprint density at radius 3 is 2.35 bits per heavy atom. The van der Waals surface area contributed by atoms with E-state index in [1.165, 1.54) is 30.3 Å². The number of aromatic carboxylic acids is 1. The number of amides is 4. The number of nitrogens with zero attached hydrogens (tertiary/aromatic N) is 1. The number of rotatable bonds is 22. The van der Waals surface area contributed by atoms with E-state index < -0.39 is 48.4 Å². The summed E-state index contributed by atoms with van der Waals surface area (Å²) in [7, 11) is 0. The van der Waals surface area contributed by atoms with E-state index in [4.69, 9.17) is 4.42 Å². The van der Waals surface area contributed by atoms with Crippen molar-refractivity contribution in [2.75, 3.05) is 11.9 Å². The fraction of sp³-hybridized carbons (Fsp3) is 0.259. The molecule has 0 saturated carbocycles. The zero-order valence-electron chi connectivity index (χ0n) is 39.4. The minimum Gasteiger partial charge on any atom is -0.508 e. The smallest absolute Gasteiger partial charge is 0.336 e. The van der Waals surface area contributed by atoms with Crippen LogP contribution in [0.15, 0.2) is 137 Å². The third-order valence-corrected chi connectivity index (χ3v) is 12.5. The highest BCUT2D eigenvalue weighted by Gasteiger charge is 2.31. The molecule has 0 spiro atoms. The molecule has 3 heterocycles. The second-order valence-electron chi connectivity index (χ2n) is 17.8. The molecule has 18 nitrogen and oxygen atoms in total. The number of carboxylic acid groups (broad SMARTS) is 1. The number of anilines is 1. The summed E-state index contributed by atoms with van der Waals surface area (Å²) in [5, 5.41) is 58.6. The van der Waals surface area contributed by atoms with E-state index in [0.717, 1.165) is 22.0 Å². The lowest BCUT2D eigenvalue weighted by atomic mass is 9.90. The van der Waals surface area contributed by atoms with E-state index in [1.807, 2.05) is 60.8 Å². The molecule has 2 aromatic heterocycles. The molecule has 1 aliphatic heterocycles. The highest BCUT2D eigenvalue weighted by atomic mass is 16.4. The predicted octanol–water partition coefficient (Wildman–Crippen LogP) is 6.21. The van der Waals surface area contributed by atoms with Gasteiger partial charge in [0.15, 0.2) is 5.43 Å². The third-order valence-electron chi connectivity index (χ3n) is 12.5. The first-order chi connectivity index (χ1) is 34.8. The van der Waals surface area contributed by atoms with Crippen LogP contribution in [-0.4, -0.2) is 96.2 Å². The Morgan fingerprint density at radius 1 is 0.778 bits per heavy atom. The summed E-state index contributed by atoms with van der Waals surface area (Å²) in [6.45, 7) is 1.86. The van der Waals surface area contributed by atoms with Gasteiger partial charge in [0, 0.05) is 95.7 Å². The summed E-state index contributed by atoms with van der Waals surface area (Å²) in [5.74, 6) is -1.37. The molecule has 0 unspecified atom stereocenters. The van der Waals surface area contributed by atoms with Gasteiger partial charge in [-0.05, 0) is 85.3 Å². The van der Waals surface area contributed by atoms with Gasteiger partial charge in [0.25, 0.3) is 0 Å². The van der Waals surface area contributed by atoms with E-state index in [0.29, 0.717) is 47.2 Å².